The summed E-state index contributed by atoms with van der Waals surface area (Å²) in [6.07, 6.45) is -5.64. The van der Waals surface area contributed by atoms with Crippen molar-refractivity contribution in [3.63, 3.8) is 0 Å². The normalized spacial score (nSPS) is 15.7. The van der Waals surface area contributed by atoms with Crippen molar-refractivity contribution in [1.29, 1.82) is 0 Å². The number of sulfonamides is 1. The van der Waals surface area contributed by atoms with Crippen molar-refractivity contribution < 1.29 is 50.5 Å². The third-order valence-corrected chi connectivity index (χ3v) is 7.64. The summed E-state index contributed by atoms with van der Waals surface area (Å²) in [5, 5.41) is 19.9. The number of benzene rings is 2. The number of aromatic nitrogens is 2. The average molecular weight is 627 g/mol. The van der Waals surface area contributed by atoms with Crippen LogP contribution in [0.25, 0.3) is 16.9 Å². The first-order chi connectivity index (χ1) is 20.3. The van der Waals surface area contributed by atoms with Gasteiger partial charge in [-0.2, -0.15) is 18.3 Å². The lowest BCUT2D eigenvalue weighted by molar-refractivity contribution is -0.708. The molecule has 0 saturated carbocycles. The summed E-state index contributed by atoms with van der Waals surface area (Å²) in [5.41, 5.74) is 0.547. The Morgan fingerprint density at radius 2 is 1.84 bits per heavy atom. The summed E-state index contributed by atoms with van der Waals surface area (Å²) in [4.78, 5) is 27.8. The van der Waals surface area contributed by atoms with Gasteiger partial charge >= 0.3 is 12.3 Å². The van der Waals surface area contributed by atoms with Crippen LogP contribution in [0.15, 0.2) is 64.8 Å². The number of rotatable bonds is 9. The summed E-state index contributed by atoms with van der Waals surface area (Å²) < 4.78 is 77.8. The molecule has 43 heavy (non-hydrogen) atoms. The Morgan fingerprint density at radius 1 is 1.16 bits per heavy atom. The molecule has 0 aliphatic carbocycles. The van der Waals surface area contributed by atoms with Gasteiger partial charge in [0.1, 0.15) is 0 Å². The molecule has 0 radical (unpaired) electrons. The van der Waals surface area contributed by atoms with Crippen molar-refractivity contribution in [2.75, 3.05) is 27.0 Å². The Labute approximate surface area is 242 Å². The molecule has 0 bridgehead atoms. The summed E-state index contributed by atoms with van der Waals surface area (Å²) in [7, 11) is -3.30. The fourth-order valence-electron chi connectivity index (χ4n) is 4.06. The van der Waals surface area contributed by atoms with Gasteiger partial charge in [0.25, 0.3) is 16.8 Å². The van der Waals surface area contributed by atoms with Gasteiger partial charge in [-0.05, 0) is 43.7 Å². The van der Waals surface area contributed by atoms with Crippen LogP contribution in [0.4, 0.5) is 18.0 Å². The molecule has 1 N–H and O–H groups in total. The Kier molecular flexibility index (Phi) is 9.07. The summed E-state index contributed by atoms with van der Waals surface area (Å²) in [6.45, 7) is 1.00. The van der Waals surface area contributed by atoms with Crippen LogP contribution in [0.5, 0.6) is 0 Å². The molecule has 1 unspecified atom stereocenters. The van der Waals surface area contributed by atoms with E-state index in [-0.39, 0.29) is 40.8 Å². The van der Waals surface area contributed by atoms with E-state index < -0.39 is 46.7 Å². The number of hydrogen-bond acceptors (Lipinski definition) is 10. The molecule has 1 aliphatic rings. The SMILES string of the molecule is COC(=O)OCO/N=[N+](/[O-])N1CCC(C(=O)NS(=O)(=O)c2ccc(-n3nc(C(F)(F)F)cc3-c3ccc(C)cc3)cc2)C1. The molecule has 14 nitrogen and oxygen atoms in total. The molecule has 1 aromatic heterocycles. The molecule has 1 saturated heterocycles. The second kappa shape index (κ2) is 12.6. The second-order valence-corrected chi connectivity index (χ2v) is 10.9. The number of ether oxygens (including phenoxy) is 2. The number of carbonyl (C=O) groups excluding carboxylic acids is 2. The molecule has 2 aromatic carbocycles. The highest BCUT2D eigenvalue weighted by Gasteiger charge is 2.36. The van der Waals surface area contributed by atoms with E-state index in [0.717, 1.165) is 40.6 Å². The Hall–Kier alpha value is -4.87. The minimum atomic E-state index is -4.71. The fraction of sp³-hybridized carbons (Fsp3) is 0.320. The zero-order valence-electron chi connectivity index (χ0n) is 22.6. The van der Waals surface area contributed by atoms with Gasteiger partial charge in [0.2, 0.25) is 11.2 Å². The zero-order valence-corrected chi connectivity index (χ0v) is 23.5. The van der Waals surface area contributed by atoms with Gasteiger partial charge in [0, 0.05) is 5.56 Å². The van der Waals surface area contributed by atoms with E-state index in [9.17, 15) is 36.4 Å². The van der Waals surface area contributed by atoms with Crippen LogP contribution in [-0.2, 0) is 35.3 Å². The molecule has 3 aromatic rings. The maximum absolute atomic E-state index is 13.5. The predicted molar refractivity (Wildman–Crippen MR) is 139 cm³/mol. The largest absolute Gasteiger partial charge is 0.569 e. The summed E-state index contributed by atoms with van der Waals surface area (Å²) in [6, 6.07) is 12.5. The van der Waals surface area contributed by atoms with Crippen molar-refractivity contribution in [3.8, 4) is 16.9 Å². The molecule has 1 amide bonds. The van der Waals surface area contributed by atoms with Gasteiger partial charge in [-0.3, -0.25) is 4.79 Å². The highest BCUT2D eigenvalue weighted by molar-refractivity contribution is 7.90. The van der Waals surface area contributed by atoms with Gasteiger partial charge in [0.05, 0.1) is 47.4 Å². The first kappa shape index (κ1) is 31.1. The average Bonchev–Trinajstić information content (AvgIpc) is 3.64. The van der Waals surface area contributed by atoms with E-state index in [0.29, 0.717) is 5.56 Å². The maximum Gasteiger partial charge on any atom is 0.510 e. The quantitative estimate of drug-likeness (QED) is 0.0926. The lowest BCUT2D eigenvalue weighted by Crippen LogP contribution is -2.37. The number of alkyl halides is 3. The molecular weight excluding hydrogens is 601 g/mol. The molecule has 1 aliphatic heterocycles. The van der Waals surface area contributed by atoms with E-state index in [1.54, 1.807) is 24.3 Å². The first-order valence-electron chi connectivity index (χ1n) is 12.5. The lowest BCUT2D eigenvalue weighted by Gasteiger charge is -2.13. The number of aryl methyl sites for hydroxylation is 1. The zero-order chi connectivity index (χ0) is 31.4. The van der Waals surface area contributed by atoms with Crippen molar-refractivity contribution in [3.05, 3.63) is 71.1 Å². The molecule has 4 rings (SSSR count). The van der Waals surface area contributed by atoms with Crippen LogP contribution in [-0.4, -0.2) is 67.2 Å². The van der Waals surface area contributed by atoms with E-state index >= 15 is 0 Å². The number of amides is 1. The lowest BCUT2D eigenvalue weighted by atomic mass is 10.1. The maximum atomic E-state index is 13.5. The highest BCUT2D eigenvalue weighted by atomic mass is 32.2. The number of carbonyl (C=O) groups is 2. The minimum Gasteiger partial charge on any atom is -0.569 e. The number of hydrogen-bond donors (Lipinski definition) is 1. The summed E-state index contributed by atoms with van der Waals surface area (Å²) >= 11 is 0. The van der Waals surface area contributed by atoms with Gasteiger partial charge in [-0.15, -0.1) is 5.01 Å². The molecule has 230 valence electrons. The third kappa shape index (κ3) is 7.51. The molecule has 0 spiro atoms. The van der Waals surface area contributed by atoms with Crippen LogP contribution in [0.1, 0.15) is 17.7 Å². The minimum absolute atomic E-state index is 0.0332. The number of methoxy groups -OCH3 is 1. The van der Waals surface area contributed by atoms with Gasteiger partial charge < -0.3 is 19.5 Å². The van der Waals surface area contributed by atoms with E-state index in [1.807, 2.05) is 11.6 Å². The third-order valence-electron chi connectivity index (χ3n) is 6.28. The number of nitrogens with one attached hydrogen (secondary N) is 1. The Morgan fingerprint density at radius 3 is 2.47 bits per heavy atom. The van der Waals surface area contributed by atoms with Crippen LogP contribution < -0.4 is 4.72 Å². The van der Waals surface area contributed by atoms with E-state index in [4.69, 9.17) is 0 Å². The van der Waals surface area contributed by atoms with Crippen molar-refractivity contribution in [1.82, 2.24) is 19.5 Å². The molecular formula is C25H25F3N6O8S. The predicted octanol–water partition coefficient (Wildman–Crippen LogP) is 3.54. The van der Waals surface area contributed by atoms with Gasteiger partial charge in [0.15, 0.2) is 5.69 Å². The van der Waals surface area contributed by atoms with Crippen LogP contribution >= 0.6 is 0 Å². The second-order valence-electron chi connectivity index (χ2n) is 9.23. The number of halogens is 3. The molecule has 18 heteroatoms. The van der Waals surface area contributed by atoms with Crippen LogP contribution in [0.3, 0.4) is 0 Å². The highest BCUT2D eigenvalue weighted by Crippen LogP contribution is 2.33. The van der Waals surface area contributed by atoms with Crippen molar-refractivity contribution >= 4 is 22.1 Å². The molecule has 1 atom stereocenters. The summed E-state index contributed by atoms with van der Waals surface area (Å²) in [5.74, 6) is -1.77. The van der Waals surface area contributed by atoms with Gasteiger partial charge in [-0.25, -0.2) is 22.6 Å². The Balaban J connectivity index is 1.44. The van der Waals surface area contributed by atoms with Crippen LogP contribution in [0, 0.1) is 18.0 Å². The monoisotopic (exact) mass is 626 g/mol. The van der Waals surface area contributed by atoms with Gasteiger partial charge in [-0.1, -0.05) is 29.8 Å². The number of hydrazine groups is 1. The van der Waals surface area contributed by atoms with Crippen molar-refractivity contribution in [2.24, 2.45) is 11.2 Å². The van der Waals surface area contributed by atoms with Crippen LogP contribution in [0.2, 0.25) is 0 Å². The van der Waals surface area contributed by atoms with E-state index in [1.165, 1.54) is 12.1 Å². The topological polar surface area (TPSA) is 167 Å². The number of nitrogens with zero attached hydrogens (tertiary/aromatic N) is 5. The van der Waals surface area contributed by atoms with E-state index in [2.05, 4.69) is 24.7 Å². The molecule has 2 heterocycles. The Bertz CT molecular complexity index is 1610. The first-order valence-corrected chi connectivity index (χ1v) is 13.9. The fourth-order valence-corrected chi connectivity index (χ4v) is 5.10. The smallest absolute Gasteiger partial charge is 0.510 e. The molecule has 1 fully saturated rings. The van der Waals surface area contributed by atoms with Crippen molar-refractivity contribution in [2.45, 2.75) is 24.4 Å². The standard InChI is InChI=1S/C25H25F3N6O8S/c1-16-3-5-17(6-4-16)21-13-22(25(26,27)28)29-33(21)19-7-9-20(10-8-19)43(38,39)30-23(35)18-11-12-32(14-18)34(37)31-42-15-41-24(36)40-2/h3-10,13,18H,11-12,14-15H2,1-2H3,(H,30,35)/b34-31+.